The minimum Gasteiger partial charge on any atom is -0.466 e. The molecular formula is C19H25NO6. The van der Waals surface area contributed by atoms with Crippen molar-refractivity contribution in [2.45, 2.75) is 51.8 Å². The summed E-state index contributed by atoms with van der Waals surface area (Å²) in [5.41, 5.74) is 0.0495. The third kappa shape index (κ3) is 4.97. The summed E-state index contributed by atoms with van der Waals surface area (Å²) in [6.45, 7) is 7.09. The standard InChI is InChI=1S/C19H25NO6/c1-5-24-16(21)11-14-17(22)25-12-15(13-9-7-6-8-10-13)20(14)18(23)26-19(2,3)4/h6-10,14-15H,5,11-12H2,1-4H3/t14-,15+/m0/s1/i14+1. The predicted octanol–water partition coefficient (Wildman–Crippen LogP) is 2.84. The Balaban J connectivity index is 2.36. The van der Waals surface area contributed by atoms with E-state index in [1.165, 1.54) is 4.90 Å². The molecule has 0 saturated carbocycles. The molecule has 0 aromatic heterocycles. The first-order valence-corrected chi connectivity index (χ1v) is 8.61. The van der Waals surface area contributed by atoms with Gasteiger partial charge in [-0.2, -0.15) is 0 Å². The van der Waals surface area contributed by atoms with E-state index in [0.29, 0.717) is 0 Å². The van der Waals surface area contributed by atoms with Gasteiger partial charge < -0.3 is 14.2 Å². The van der Waals surface area contributed by atoms with Gasteiger partial charge in [0.2, 0.25) is 0 Å². The summed E-state index contributed by atoms with van der Waals surface area (Å²) in [5, 5.41) is 0. The number of nitrogens with zero attached hydrogens (tertiary/aromatic N) is 1. The molecule has 1 saturated heterocycles. The van der Waals surface area contributed by atoms with Gasteiger partial charge in [0.15, 0.2) is 0 Å². The second-order valence-electron chi connectivity index (χ2n) is 6.97. The molecule has 0 spiro atoms. The Morgan fingerprint density at radius 3 is 2.46 bits per heavy atom. The molecule has 142 valence electrons. The average molecular weight is 364 g/mol. The van der Waals surface area contributed by atoms with Gasteiger partial charge in [-0.05, 0) is 33.3 Å². The minimum atomic E-state index is -1.09. The highest BCUT2D eigenvalue weighted by atomic mass is 16.6. The summed E-state index contributed by atoms with van der Waals surface area (Å²) >= 11 is 0. The molecule has 1 aromatic rings. The van der Waals surface area contributed by atoms with Crippen molar-refractivity contribution < 1.29 is 28.6 Å². The van der Waals surface area contributed by atoms with Crippen molar-refractivity contribution in [3.05, 3.63) is 35.9 Å². The van der Waals surface area contributed by atoms with Gasteiger partial charge in [-0.25, -0.2) is 9.59 Å². The number of hydrogen-bond acceptors (Lipinski definition) is 6. The Bertz CT molecular complexity index is 652. The normalized spacial score (nSPS) is 20.3. The largest absolute Gasteiger partial charge is 0.466 e. The molecule has 1 heterocycles. The predicted molar refractivity (Wildman–Crippen MR) is 93.3 cm³/mol. The molecule has 0 radical (unpaired) electrons. The van der Waals surface area contributed by atoms with E-state index in [1.807, 2.05) is 30.3 Å². The Kier molecular flexibility index (Phi) is 6.23. The van der Waals surface area contributed by atoms with Crippen molar-refractivity contribution in [3.8, 4) is 0 Å². The number of hydrogen-bond donors (Lipinski definition) is 0. The van der Waals surface area contributed by atoms with Gasteiger partial charge in [0.25, 0.3) is 0 Å². The molecule has 7 nitrogen and oxygen atoms in total. The molecule has 0 bridgehead atoms. The Labute approximate surface area is 153 Å². The van der Waals surface area contributed by atoms with Gasteiger partial charge in [0, 0.05) is 0 Å². The van der Waals surface area contributed by atoms with Crippen LogP contribution in [0.5, 0.6) is 0 Å². The summed E-state index contributed by atoms with van der Waals surface area (Å²) in [7, 11) is 0. The second kappa shape index (κ2) is 8.21. The van der Waals surface area contributed by atoms with Crippen LogP contribution in [0, 0.1) is 0 Å². The highest BCUT2D eigenvalue weighted by molar-refractivity contribution is 5.87. The third-order valence-corrected chi connectivity index (χ3v) is 3.78. The summed E-state index contributed by atoms with van der Waals surface area (Å²) in [6, 6.07) is 7.56. The lowest BCUT2D eigenvalue weighted by molar-refractivity contribution is -0.166. The fraction of sp³-hybridized carbons (Fsp3) is 0.526. The van der Waals surface area contributed by atoms with Crippen molar-refractivity contribution in [2.24, 2.45) is 0 Å². The van der Waals surface area contributed by atoms with E-state index in [4.69, 9.17) is 14.2 Å². The van der Waals surface area contributed by atoms with Crippen LogP contribution in [0.2, 0.25) is 0 Å². The van der Waals surface area contributed by atoms with Crippen LogP contribution >= 0.6 is 0 Å². The number of morpholine rings is 1. The average Bonchev–Trinajstić information content (AvgIpc) is 2.56. The number of cyclic esters (lactones) is 1. The van der Waals surface area contributed by atoms with Gasteiger partial charge in [0.05, 0.1) is 19.1 Å². The molecule has 0 aliphatic carbocycles. The number of amides is 1. The fourth-order valence-corrected chi connectivity index (χ4v) is 2.73. The molecule has 0 N–H and O–H groups in total. The summed E-state index contributed by atoms with van der Waals surface area (Å²) < 4.78 is 15.7. The van der Waals surface area contributed by atoms with E-state index in [1.54, 1.807) is 27.7 Å². The van der Waals surface area contributed by atoms with Gasteiger partial charge in [-0.15, -0.1) is 0 Å². The Morgan fingerprint density at radius 2 is 1.88 bits per heavy atom. The topological polar surface area (TPSA) is 82.1 Å². The molecule has 7 heteroatoms. The molecule has 0 unspecified atom stereocenters. The summed E-state index contributed by atoms with van der Waals surface area (Å²) in [6.07, 6.45) is -0.952. The molecule has 1 amide bonds. The lowest BCUT2D eigenvalue weighted by atomic mass is 10.1. The Hall–Kier alpha value is -2.57. The zero-order chi connectivity index (χ0) is 19.3. The van der Waals surface area contributed by atoms with Gasteiger partial charge in [-0.1, -0.05) is 30.3 Å². The van der Waals surface area contributed by atoms with Gasteiger partial charge in [0.1, 0.15) is 18.2 Å². The minimum absolute atomic E-state index is 0.00140. The van der Waals surface area contributed by atoms with Crippen LogP contribution in [-0.4, -0.2) is 47.8 Å². The highest BCUT2D eigenvalue weighted by Crippen LogP contribution is 2.31. The maximum Gasteiger partial charge on any atom is 0.411 e. The molecule has 26 heavy (non-hydrogen) atoms. The van der Waals surface area contributed by atoms with Crippen molar-refractivity contribution in [1.82, 2.24) is 4.90 Å². The van der Waals surface area contributed by atoms with Crippen LogP contribution in [0.25, 0.3) is 0 Å². The van der Waals surface area contributed by atoms with Gasteiger partial charge in [-0.3, -0.25) is 9.69 Å². The monoisotopic (exact) mass is 364 g/mol. The van der Waals surface area contributed by atoms with Crippen LogP contribution < -0.4 is 0 Å². The zero-order valence-corrected chi connectivity index (χ0v) is 15.6. The first kappa shape index (κ1) is 19.8. The van der Waals surface area contributed by atoms with Crippen molar-refractivity contribution in [3.63, 3.8) is 0 Å². The van der Waals surface area contributed by atoms with Crippen LogP contribution in [0.1, 0.15) is 45.7 Å². The maximum atomic E-state index is 12.8. The van der Waals surface area contributed by atoms with Crippen LogP contribution in [-0.2, 0) is 23.8 Å². The number of esters is 2. The Morgan fingerprint density at radius 1 is 1.23 bits per heavy atom. The molecule has 1 aliphatic rings. The van der Waals surface area contributed by atoms with E-state index in [2.05, 4.69) is 0 Å². The quantitative estimate of drug-likeness (QED) is 0.464. The molecule has 1 aliphatic heterocycles. The molecule has 2 atom stereocenters. The van der Waals surface area contributed by atoms with E-state index >= 15 is 0 Å². The zero-order valence-electron chi connectivity index (χ0n) is 15.6. The van der Waals surface area contributed by atoms with Crippen LogP contribution in [0.15, 0.2) is 30.3 Å². The number of rotatable bonds is 4. The number of benzene rings is 1. The molecule has 2 rings (SSSR count). The smallest absolute Gasteiger partial charge is 0.411 e. The van der Waals surface area contributed by atoms with E-state index < -0.39 is 35.7 Å². The van der Waals surface area contributed by atoms with Crippen molar-refractivity contribution in [2.75, 3.05) is 13.2 Å². The third-order valence-electron chi connectivity index (χ3n) is 3.78. The lowest BCUT2D eigenvalue weighted by Gasteiger charge is -2.40. The molecule has 1 fully saturated rings. The van der Waals surface area contributed by atoms with E-state index in [0.717, 1.165) is 5.56 Å². The summed E-state index contributed by atoms with van der Waals surface area (Å²) in [5.74, 6) is -1.21. The number of carbonyl (C=O) groups excluding carboxylic acids is 3. The maximum absolute atomic E-state index is 12.8. The lowest BCUT2D eigenvalue weighted by Crippen LogP contribution is -2.55. The van der Waals surface area contributed by atoms with Crippen LogP contribution in [0.3, 0.4) is 0 Å². The van der Waals surface area contributed by atoms with E-state index in [-0.39, 0.29) is 19.6 Å². The molecule has 1 aromatic carbocycles. The van der Waals surface area contributed by atoms with Crippen molar-refractivity contribution >= 4 is 18.0 Å². The summed E-state index contributed by atoms with van der Waals surface area (Å²) in [4.78, 5) is 38.4. The van der Waals surface area contributed by atoms with E-state index in [9.17, 15) is 14.4 Å². The van der Waals surface area contributed by atoms with Gasteiger partial charge >= 0.3 is 18.0 Å². The number of ether oxygens (including phenoxy) is 3. The fourth-order valence-electron chi connectivity index (χ4n) is 2.73. The second-order valence-corrected chi connectivity index (χ2v) is 6.97. The SMILES string of the molecule is CCOC(=O)C[13C@H]1C(=O)OC[C@H](c2ccccc2)N1C(=O)OC(C)(C)C. The number of carbonyl (C=O) groups is 3. The first-order chi connectivity index (χ1) is 12.2. The molecular weight excluding hydrogens is 339 g/mol. The highest BCUT2D eigenvalue weighted by Gasteiger charge is 2.44. The first-order valence-electron chi connectivity index (χ1n) is 8.61. The van der Waals surface area contributed by atoms with Crippen molar-refractivity contribution in [1.29, 1.82) is 0 Å². The van der Waals surface area contributed by atoms with Crippen LogP contribution in [0.4, 0.5) is 4.79 Å².